The summed E-state index contributed by atoms with van der Waals surface area (Å²) in [6, 6.07) is 11.7. The minimum Gasteiger partial charge on any atom is -0.468 e. The summed E-state index contributed by atoms with van der Waals surface area (Å²) in [5, 5.41) is 11.5. The molecule has 1 amide bonds. The lowest BCUT2D eigenvalue weighted by Gasteiger charge is -2.18. The van der Waals surface area contributed by atoms with E-state index in [1.165, 1.54) is 6.26 Å². The van der Waals surface area contributed by atoms with Crippen molar-refractivity contribution in [3.8, 4) is 6.07 Å². The van der Waals surface area contributed by atoms with Gasteiger partial charge in [-0.15, -0.1) is 0 Å². The predicted octanol–water partition coefficient (Wildman–Crippen LogP) is 1.55. The van der Waals surface area contributed by atoms with E-state index in [1.54, 1.807) is 36.4 Å². The number of carbonyl (C=O) groups excluding carboxylic acids is 1. The zero-order valence-corrected chi connectivity index (χ0v) is 13.2. The quantitative estimate of drug-likeness (QED) is 0.864. The van der Waals surface area contributed by atoms with E-state index in [4.69, 9.17) is 9.68 Å². The SMILES string of the molecule is CS(=O)(=O)N(CC(=O)Nc1ccccc1C#N)Cc1ccco1. The molecule has 0 spiro atoms. The first kappa shape index (κ1) is 16.7. The summed E-state index contributed by atoms with van der Waals surface area (Å²) in [5.41, 5.74) is 0.643. The molecule has 8 heteroatoms. The molecular weight excluding hydrogens is 318 g/mol. The first-order valence-electron chi connectivity index (χ1n) is 6.66. The molecule has 0 aliphatic rings. The molecule has 0 aliphatic heterocycles. The highest BCUT2D eigenvalue weighted by molar-refractivity contribution is 7.88. The Morgan fingerprint density at radius 1 is 1.30 bits per heavy atom. The predicted molar refractivity (Wildman–Crippen MR) is 83.7 cm³/mol. The van der Waals surface area contributed by atoms with Crippen molar-refractivity contribution >= 4 is 21.6 Å². The van der Waals surface area contributed by atoms with Crippen LogP contribution in [-0.2, 0) is 21.4 Å². The van der Waals surface area contributed by atoms with Crippen molar-refractivity contribution in [1.82, 2.24) is 4.31 Å². The van der Waals surface area contributed by atoms with Gasteiger partial charge in [0.05, 0.1) is 36.9 Å². The number of amides is 1. The number of carbonyl (C=O) groups is 1. The number of para-hydroxylation sites is 1. The van der Waals surface area contributed by atoms with Crippen molar-refractivity contribution in [3.05, 3.63) is 54.0 Å². The van der Waals surface area contributed by atoms with Crippen LogP contribution < -0.4 is 5.32 Å². The van der Waals surface area contributed by atoms with Crippen LogP contribution in [0, 0.1) is 11.3 Å². The van der Waals surface area contributed by atoms with Crippen molar-refractivity contribution in [1.29, 1.82) is 5.26 Å². The summed E-state index contributed by atoms with van der Waals surface area (Å²) in [4.78, 5) is 12.1. The van der Waals surface area contributed by atoms with Crippen molar-refractivity contribution in [2.45, 2.75) is 6.54 Å². The summed E-state index contributed by atoms with van der Waals surface area (Å²) >= 11 is 0. The number of hydrogen-bond donors (Lipinski definition) is 1. The second kappa shape index (κ2) is 7.09. The number of nitrogens with zero attached hydrogens (tertiary/aromatic N) is 2. The van der Waals surface area contributed by atoms with E-state index in [1.807, 2.05) is 6.07 Å². The molecule has 2 aromatic rings. The van der Waals surface area contributed by atoms with Crippen molar-refractivity contribution in [3.63, 3.8) is 0 Å². The Labute approximate surface area is 134 Å². The fraction of sp³-hybridized carbons (Fsp3) is 0.200. The van der Waals surface area contributed by atoms with Gasteiger partial charge in [-0.2, -0.15) is 9.57 Å². The maximum Gasteiger partial charge on any atom is 0.239 e. The van der Waals surface area contributed by atoms with E-state index in [0.29, 0.717) is 17.0 Å². The minimum atomic E-state index is -3.60. The van der Waals surface area contributed by atoms with Gasteiger partial charge in [-0.25, -0.2) is 8.42 Å². The normalized spacial score (nSPS) is 11.2. The third-order valence-corrected chi connectivity index (χ3v) is 4.22. The highest BCUT2D eigenvalue weighted by Gasteiger charge is 2.22. The maximum atomic E-state index is 12.1. The number of nitriles is 1. The highest BCUT2D eigenvalue weighted by atomic mass is 32.2. The van der Waals surface area contributed by atoms with Crippen LogP contribution in [0.1, 0.15) is 11.3 Å². The Morgan fingerprint density at radius 2 is 2.04 bits per heavy atom. The van der Waals surface area contributed by atoms with E-state index < -0.39 is 15.9 Å². The van der Waals surface area contributed by atoms with Gasteiger partial charge in [0.1, 0.15) is 11.8 Å². The third-order valence-electron chi connectivity index (χ3n) is 3.02. The van der Waals surface area contributed by atoms with E-state index in [9.17, 15) is 13.2 Å². The molecule has 0 radical (unpaired) electrons. The van der Waals surface area contributed by atoms with Crippen LogP contribution in [0.3, 0.4) is 0 Å². The molecule has 0 unspecified atom stereocenters. The zero-order chi connectivity index (χ0) is 16.9. The number of anilines is 1. The minimum absolute atomic E-state index is 0.0425. The van der Waals surface area contributed by atoms with Crippen LogP contribution in [0.15, 0.2) is 47.1 Å². The molecule has 1 N–H and O–H groups in total. The number of rotatable bonds is 6. The lowest BCUT2D eigenvalue weighted by atomic mass is 10.2. The van der Waals surface area contributed by atoms with Gasteiger partial charge in [0.25, 0.3) is 0 Å². The lowest BCUT2D eigenvalue weighted by molar-refractivity contribution is -0.116. The van der Waals surface area contributed by atoms with E-state index in [0.717, 1.165) is 10.6 Å². The molecule has 1 aromatic carbocycles. The highest BCUT2D eigenvalue weighted by Crippen LogP contribution is 2.14. The standard InChI is InChI=1S/C15H15N3O4S/c1-23(20,21)18(10-13-6-4-8-22-13)11-15(19)17-14-7-3-2-5-12(14)9-16/h2-8H,10-11H2,1H3,(H,17,19). The summed E-state index contributed by atoms with van der Waals surface area (Å²) in [5.74, 6) is -0.106. The fourth-order valence-electron chi connectivity index (χ4n) is 1.91. The topological polar surface area (TPSA) is 103 Å². The molecule has 23 heavy (non-hydrogen) atoms. The molecule has 0 saturated heterocycles. The number of sulfonamides is 1. The number of benzene rings is 1. The Balaban J connectivity index is 2.10. The first-order chi connectivity index (χ1) is 10.9. The van der Waals surface area contributed by atoms with Gasteiger partial charge in [0.15, 0.2) is 0 Å². The van der Waals surface area contributed by atoms with Crippen LogP contribution in [0.5, 0.6) is 0 Å². The van der Waals surface area contributed by atoms with Crippen molar-refractivity contribution in [2.75, 3.05) is 18.1 Å². The van der Waals surface area contributed by atoms with Crippen LogP contribution in [0.2, 0.25) is 0 Å². The Kier molecular flexibility index (Phi) is 5.16. The second-order valence-corrected chi connectivity index (χ2v) is 6.80. The molecule has 0 bridgehead atoms. The largest absolute Gasteiger partial charge is 0.468 e. The van der Waals surface area contributed by atoms with Crippen LogP contribution in [0.4, 0.5) is 5.69 Å². The zero-order valence-electron chi connectivity index (χ0n) is 12.4. The number of furan rings is 1. The molecule has 120 valence electrons. The lowest BCUT2D eigenvalue weighted by Crippen LogP contribution is -2.36. The molecule has 0 saturated carbocycles. The molecule has 2 rings (SSSR count). The Morgan fingerprint density at radius 3 is 2.65 bits per heavy atom. The first-order valence-corrected chi connectivity index (χ1v) is 8.51. The molecule has 7 nitrogen and oxygen atoms in total. The van der Waals surface area contributed by atoms with Crippen molar-refractivity contribution in [2.24, 2.45) is 0 Å². The van der Waals surface area contributed by atoms with Gasteiger partial charge >= 0.3 is 0 Å². The summed E-state index contributed by atoms with van der Waals surface area (Å²) < 4.78 is 29.8. The molecule has 1 heterocycles. The van der Waals surface area contributed by atoms with Gasteiger partial charge in [0, 0.05) is 0 Å². The smallest absolute Gasteiger partial charge is 0.239 e. The molecule has 0 fully saturated rings. The molecule has 1 aromatic heterocycles. The van der Waals surface area contributed by atoms with E-state index in [-0.39, 0.29) is 13.1 Å². The molecule has 0 atom stereocenters. The molecule has 0 aliphatic carbocycles. The average Bonchev–Trinajstić information content (AvgIpc) is 2.99. The summed E-state index contributed by atoms with van der Waals surface area (Å²) in [7, 11) is -3.60. The fourth-order valence-corrected chi connectivity index (χ4v) is 2.62. The van der Waals surface area contributed by atoms with Crippen LogP contribution in [0.25, 0.3) is 0 Å². The third kappa shape index (κ3) is 4.67. The van der Waals surface area contributed by atoms with Crippen LogP contribution >= 0.6 is 0 Å². The van der Waals surface area contributed by atoms with Gasteiger partial charge in [-0.3, -0.25) is 4.79 Å². The summed E-state index contributed by atoms with van der Waals surface area (Å²) in [6.45, 7) is -0.418. The summed E-state index contributed by atoms with van der Waals surface area (Å²) in [6.07, 6.45) is 2.45. The van der Waals surface area contributed by atoms with Gasteiger partial charge in [-0.1, -0.05) is 12.1 Å². The average molecular weight is 333 g/mol. The number of hydrogen-bond acceptors (Lipinski definition) is 5. The second-order valence-electron chi connectivity index (χ2n) is 4.82. The van der Waals surface area contributed by atoms with Gasteiger partial charge in [0.2, 0.25) is 15.9 Å². The Hall–Kier alpha value is -2.63. The maximum absolute atomic E-state index is 12.1. The van der Waals surface area contributed by atoms with Gasteiger partial charge < -0.3 is 9.73 Å². The van der Waals surface area contributed by atoms with E-state index in [2.05, 4.69) is 5.32 Å². The Bertz CT molecular complexity index is 823. The van der Waals surface area contributed by atoms with E-state index >= 15 is 0 Å². The monoisotopic (exact) mass is 333 g/mol. The molecular formula is C15H15N3O4S. The van der Waals surface area contributed by atoms with Crippen LogP contribution in [-0.4, -0.2) is 31.4 Å². The van der Waals surface area contributed by atoms with Crippen molar-refractivity contribution < 1.29 is 17.6 Å². The van der Waals surface area contributed by atoms with Gasteiger partial charge in [-0.05, 0) is 24.3 Å². The number of nitrogens with one attached hydrogen (secondary N) is 1.